The summed E-state index contributed by atoms with van der Waals surface area (Å²) in [7, 11) is -3.75. The number of sulfonamides is 1. The molecular weight excluding hydrogens is 356 g/mol. The molecule has 0 bridgehead atoms. The fourth-order valence-electron chi connectivity index (χ4n) is 2.23. The summed E-state index contributed by atoms with van der Waals surface area (Å²) in [6.07, 6.45) is 1.58. The highest BCUT2D eigenvalue weighted by atomic mass is 35.5. The van der Waals surface area contributed by atoms with Gasteiger partial charge in [-0.15, -0.1) is 0 Å². The van der Waals surface area contributed by atoms with Gasteiger partial charge >= 0.3 is 5.97 Å². The van der Waals surface area contributed by atoms with Crippen LogP contribution in [0.15, 0.2) is 23.1 Å². The third kappa shape index (κ3) is 3.55. The minimum Gasteiger partial charge on any atom is -0.480 e. The van der Waals surface area contributed by atoms with E-state index in [0.717, 1.165) is 12.8 Å². The van der Waals surface area contributed by atoms with Gasteiger partial charge in [0, 0.05) is 18.8 Å². The van der Waals surface area contributed by atoms with Gasteiger partial charge in [0.25, 0.3) is 0 Å². The number of nitrogens with one attached hydrogen (secondary N) is 1. The summed E-state index contributed by atoms with van der Waals surface area (Å²) in [6, 6.07) is 4.06. The first-order valence-corrected chi connectivity index (χ1v) is 9.23. The van der Waals surface area contributed by atoms with Gasteiger partial charge in [-0.25, -0.2) is 8.42 Å². The van der Waals surface area contributed by atoms with Crippen molar-refractivity contribution in [2.24, 2.45) is 5.41 Å². The van der Waals surface area contributed by atoms with Crippen molar-refractivity contribution in [3.63, 3.8) is 0 Å². The second-order valence-corrected chi connectivity index (χ2v) is 8.45. The normalized spacial score (nSPS) is 16.1. The average Bonchev–Trinajstić information content (AvgIpc) is 3.03. The Balaban J connectivity index is 2.32. The summed E-state index contributed by atoms with van der Waals surface area (Å²) in [4.78, 5) is 23.1. The van der Waals surface area contributed by atoms with E-state index in [2.05, 4.69) is 5.32 Å². The van der Waals surface area contributed by atoms with E-state index in [-0.39, 0.29) is 15.6 Å². The molecule has 1 aliphatic heterocycles. The fraction of sp³-hybridized carbons (Fsp3) is 0.467. The minimum absolute atomic E-state index is 0.0531. The van der Waals surface area contributed by atoms with Crippen LogP contribution >= 0.6 is 11.6 Å². The van der Waals surface area contributed by atoms with Gasteiger partial charge < -0.3 is 10.4 Å². The molecule has 7 nitrogen and oxygen atoms in total. The molecule has 1 fully saturated rings. The first-order chi connectivity index (χ1) is 11.1. The van der Waals surface area contributed by atoms with Crippen LogP contribution in [0.25, 0.3) is 0 Å². The monoisotopic (exact) mass is 374 g/mol. The summed E-state index contributed by atoms with van der Waals surface area (Å²) in [5.74, 6) is -2.03. The summed E-state index contributed by atoms with van der Waals surface area (Å²) >= 11 is 6.02. The third-order valence-corrected chi connectivity index (χ3v) is 6.35. The lowest BCUT2D eigenvalue weighted by Crippen LogP contribution is -2.37. The molecule has 0 spiro atoms. The molecule has 132 valence electrons. The van der Waals surface area contributed by atoms with Gasteiger partial charge in [-0.2, -0.15) is 4.31 Å². The van der Waals surface area contributed by atoms with Gasteiger partial charge in [-0.05, 0) is 44.9 Å². The number of carbonyl (C=O) groups excluding carboxylic acids is 1. The molecule has 0 aliphatic carbocycles. The van der Waals surface area contributed by atoms with Gasteiger partial charge in [-0.1, -0.05) is 11.6 Å². The molecule has 0 radical (unpaired) electrons. The van der Waals surface area contributed by atoms with Gasteiger partial charge in [-0.3, -0.25) is 9.59 Å². The molecule has 1 aromatic carbocycles. The number of anilines is 1. The first-order valence-electron chi connectivity index (χ1n) is 7.41. The van der Waals surface area contributed by atoms with Crippen molar-refractivity contribution in [1.82, 2.24) is 4.31 Å². The summed E-state index contributed by atoms with van der Waals surface area (Å²) < 4.78 is 26.6. The van der Waals surface area contributed by atoms with E-state index in [9.17, 15) is 18.0 Å². The number of carbonyl (C=O) groups is 2. The van der Waals surface area contributed by atoms with Gasteiger partial charge in [0.1, 0.15) is 10.3 Å². The van der Waals surface area contributed by atoms with Crippen molar-refractivity contribution in [3.8, 4) is 0 Å². The molecule has 1 aliphatic rings. The molecular formula is C15H19ClN2O5S. The molecule has 0 atom stereocenters. The van der Waals surface area contributed by atoms with Crippen molar-refractivity contribution < 1.29 is 23.1 Å². The number of amides is 1. The maximum atomic E-state index is 12.6. The van der Waals surface area contributed by atoms with E-state index in [1.54, 1.807) is 0 Å². The molecule has 0 aromatic heterocycles. The number of halogens is 1. The number of carboxylic acids is 1. The van der Waals surface area contributed by atoms with Crippen molar-refractivity contribution in [3.05, 3.63) is 23.2 Å². The molecule has 9 heteroatoms. The fourth-order valence-corrected chi connectivity index (χ4v) is 4.25. The molecule has 1 saturated heterocycles. The molecule has 2 rings (SSSR count). The predicted molar refractivity (Wildman–Crippen MR) is 89.5 cm³/mol. The Labute approximate surface area is 145 Å². The number of aliphatic carboxylic acids is 1. The van der Waals surface area contributed by atoms with Crippen LogP contribution in [-0.4, -0.2) is 42.8 Å². The van der Waals surface area contributed by atoms with E-state index in [0.29, 0.717) is 13.1 Å². The number of hydrogen-bond donors (Lipinski definition) is 2. The zero-order chi connectivity index (χ0) is 18.1. The van der Waals surface area contributed by atoms with Crippen molar-refractivity contribution in [1.29, 1.82) is 0 Å². The average molecular weight is 375 g/mol. The maximum absolute atomic E-state index is 12.6. The number of nitrogens with zero attached hydrogens (tertiary/aromatic N) is 1. The van der Waals surface area contributed by atoms with E-state index in [1.165, 1.54) is 36.4 Å². The molecule has 0 saturated carbocycles. The Morgan fingerprint density at radius 2 is 1.83 bits per heavy atom. The molecule has 0 unspecified atom stereocenters. The van der Waals surface area contributed by atoms with Crippen LogP contribution in [0, 0.1) is 5.41 Å². The molecule has 24 heavy (non-hydrogen) atoms. The summed E-state index contributed by atoms with van der Waals surface area (Å²) in [5.41, 5.74) is -1.47. The first kappa shape index (κ1) is 18.7. The Morgan fingerprint density at radius 3 is 2.38 bits per heavy atom. The number of hydrogen-bond acceptors (Lipinski definition) is 4. The second kappa shape index (κ2) is 6.70. The van der Waals surface area contributed by atoms with Gasteiger partial charge in [0.05, 0.1) is 5.02 Å². The Morgan fingerprint density at radius 1 is 1.25 bits per heavy atom. The predicted octanol–water partition coefficient (Wildman–Crippen LogP) is 2.17. The lowest BCUT2D eigenvalue weighted by atomic mass is 9.92. The lowest BCUT2D eigenvalue weighted by molar-refractivity contribution is -0.151. The zero-order valence-electron chi connectivity index (χ0n) is 13.4. The van der Waals surface area contributed by atoms with Gasteiger partial charge in [0.15, 0.2) is 0 Å². The highest BCUT2D eigenvalue weighted by Gasteiger charge is 2.36. The zero-order valence-corrected chi connectivity index (χ0v) is 14.9. The van der Waals surface area contributed by atoms with Crippen LogP contribution in [0.3, 0.4) is 0 Å². The van der Waals surface area contributed by atoms with E-state index < -0.39 is 27.3 Å². The van der Waals surface area contributed by atoms with Crippen molar-refractivity contribution >= 4 is 39.2 Å². The third-order valence-electron chi connectivity index (χ3n) is 3.97. The van der Waals surface area contributed by atoms with Crippen LogP contribution in [0.5, 0.6) is 0 Å². The highest BCUT2D eigenvalue weighted by molar-refractivity contribution is 7.89. The standard InChI is InChI=1S/C15H19ClN2O5S/c1-15(2,14(20)21)13(19)17-10-5-6-11(16)12(9-10)24(22,23)18-7-3-4-8-18/h5-6,9H,3-4,7-8H2,1-2H3,(H,17,19)(H,20,21). The second-order valence-electron chi connectivity index (χ2n) is 6.14. The summed E-state index contributed by atoms with van der Waals surface area (Å²) in [6.45, 7) is 3.40. The summed E-state index contributed by atoms with van der Waals surface area (Å²) in [5, 5.41) is 11.6. The topological polar surface area (TPSA) is 104 Å². The SMILES string of the molecule is CC(C)(C(=O)O)C(=O)Nc1ccc(Cl)c(S(=O)(=O)N2CCCC2)c1. The minimum atomic E-state index is -3.75. The molecule has 1 heterocycles. The largest absolute Gasteiger partial charge is 0.480 e. The Hall–Kier alpha value is -1.64. The smallest absolute Gasteiger partial charge is 0.318 e. The van der Waals surface area contributed by atoms with Crippen LogP contribution in [0.4, 0.5) is 5.69 Å². The van der Waals surface area contributed by atoms with Crippen molar-refractivity contribution in [2.45, 2.75) is 31.6 Å². The number of benzene rings is 1. The highest BCUT2D eigenvalue weighted by Crippen LogP contribution is 2.30. The van der Waals surface area contributed by atoms with Crippen LogP contribution in [0.2, 0.25) is 5.02 Å². The maximum Gasteiger partial charge on any atom is 0.318 e. The molecule has 1 amide bonds. The van der Waals surface area contributed by atoms with Crippen LogP contribution in [0.1, 0.15) is 26.7 Å². The Bertz CT molecular complexity index is 770. The number of rotatable bonds is 5. The van der Waals surface area contributed by atoms with Crippen LogP contribution in [-0.2, 0) is 19.6 Å². The molecule has 1 aromatic rings. The number of carboxylic acid groups (broad SMARTS) is 1. The quantitative estimate of drug-likeness (QED) is 0.768. The Kier molecular flexibility index (Phi) is 5.22. The van der Waals surface area contributed by atoms with Gasteiger partial charge in [0.2, 0.25) is 15.9 Å². The van der Waals surface area contributed by atoms with E-state index in [1.807, 2.05) is 0 Å². The van der Waals surface area contributed by atoms with E-state index >= 15 is 0 Å². The van der Waals surface area contributed by atoms with Crippen molar-refractivity contribution in [2.75, 3.05) is 18.4 Å². The molecule has 2 N–H and O–H groups in total. The van der Waals surface area contributed by atoms with E-state index in [4.69, 9.17) is 16.7 Å². The lowest BCUT2D eigenvalue weighted by Gasteiger charge is -2.20. The van der Waals surface area contributed by atoms with Crippen LogP contribution < -0.4 is 5.32 Å².